The van der Waals surface area contributed by atoms with Crippen molar-refractivity contribution >= 4 is 5.91 Å². The average Bonchev–Trinajstić information content (AvgIpc) is 3.05. The molecule has 1 aromatic heterocycles. The third kappa shape index (κ3) is 2.98. The Morgan fingerprint density at radius 2 is 2.23 bits per heavy atom. The van der Waals surface area contributed by atoms with E-state index in [0.717, 1.165) is 25.0 Å². The molecule has 1 amide bonds. The summed E-state index contributed by atoms with van der Waals surface area (Å²) in [5, 5.41) is 9.21. The lowest BCUT2D eigenvalue weighted by Crippen LogP contribution is -2.39. The number of phenols is 1. The van der Waals surface area contributed by atoms with Crippen molar-refractivity contribution in [1.29, 1.82) is 0 Å². The number of rotatable bonds is 3. The highest BCUT2D eigenvalue weighted by atomic mass is 19.1. The van der Waals surface area contributed by atoms with Crippen molar-refractivity contribution in [3.63, 3.8) is 0 Å². The molecule has 3 rings (SSSR count). The number of piperidine rings is 1. The van der Waals surface area contributed by atoms with Crippen molar-refractivity contribution in [2.24, 2.45) is 0 Å². The molecule has 0 saturated carbocycles. The Kier molecular flexibility index (Phi) is 4.13. The number of hydrogen-bond acceptors (Lipinski definition) is 3. The lowest BCUT2D eigenvalue weighted by Gasteiger charge is -2.34. The second kappa shape index (κ2) is 6.22. The predicted octanol–water partition coefficient (Wildman–Crippen LogP) is 3.42. The van der Waals surface area contributed by atoms with Gasteiger partial charge in [-0.2, -0.15) is 0 Å². The van der Waals surface area contributed by atoms with Gasteiger partial charge in [-0.3, -0.25) is 4.79 Å². The zero-order valence-electron chi connectivity index (χ0n) is 12.2. The number of carbonyl (C=O) groups is 1. The molecule has 22 heavy (non-hydrogen) atoms. The Hall–Kier alpha value is -2.30. The summed E-state index contributed by atoms with van der Waals surface area (Å²) in [6.45, 7) is 0.685. The van der Waals surface area contributed by atoms with Gasteiger partial charge >= 0.3 is 0 Å². The summed E-state index contributed by atoms with van der Waals surface area (Å²) >= 11 is 0. The first-order valence-electron chi connectivity index (χ1n) is 7.45. The van der Waals surface area contributed by atoms with Crippen LogP contribution in [0, 0.1) is 5.82 Å². The fourth-order valence-electron chi connectivity index (χ4n) is 2.94. The molecule has 5 heteroatoms. The van der Waals surface area contributed by atoms with Crippen LogP contribution in [0.3, 0.4) is 0 Å². The number of amides is 1. The molecule has 4 nitrogen and oxygen atoms in total. The molecule has 1 aliphatic heterocycles. The summed E-state index contributed by atoms with van der Waals surface area (Å²) in [6, 6.07) is 7.72. The summed E-state index contributed by atoms with van der Waals surface area (Å²) in [5.41, 5.74) is 0.559. The number of hydrogen-bond donors (Lipinski definition) is 1. The molecule has 1 fully saturated rings. The Morgan fingerprint density at radius 3 is 2.95 bits per heavy atom. The molecule has 2 heterocycles. The van der Waals surface area contributed by atoms with Gasteiger partial charge in [0.2, 0.25) is 5.91 Å². The van der Waals surface area contributed by atoms with Gasteiger partial charge in [-0.15, -0.1) is 0 Å². The van der Waals surface area contributed by atoms with Crippen LogP contribution in [0.2, 0.25) is 0 Å². The molecule has 0 aliphatic carbocycles. The van der Waals surface area contributed by atoms with Crippen LogP contribution in [0.25, 0.3) is 0 Å². The maximum atomic E-state index is 13.4. The van der Waals surface area contributed by atoms with Crippen LogP contribution in [-0.2, 0) is 11.2 Å². The number of phenolic OH excluding ortho intramolecular Hbond substituents is 1. The zero-order valence-corrected chi connectivity index (χ0v) is 12.2. The van der Waals surface area contributed by atoms with Crippen molar-refractivity contribution in [3.05, 3.63) is 53.7 Å². The number of halogens is 1. The fraction of sp³-hybridized carbons (Fsp3) is 0.353. The van der Waals surface area contributed by atoms with Gasteiger partial charge in [0.1, 0.15) is 5.76 Å². The molecular formula is C17H18FNO3. The Labute approximate surface area is 128 Å². The highest BCUT2D eigenvalue weighted by Crippen LogP contribution is 2.31. The first-order chi connectivity index (χ1) is 10.6. The highest BCUT2D eigenvalue weighted by Gasteiger charge is 2.29. The van der Waals surface area contributed by atoms with Crippen molar-refractivity contribution in [3.8, 4) is 5.75 Å². The first kappa shape index (κ1) is 14.6. The van der Waals surface area contributed by atoms with Gasteiger partial charge in [0, 0.05) is 6.54 Å². The topological polar surface area (TPSA) is 53.7 Å². The molecule has 1 N–H and O–H groups in total. The largest absolute Gasteiger partial charge is 0.505 e. The average molecular weight is 303 g/mol. The van der Waals surface area contributed by atoms with Crippen molar-refractivity contribution in [1.82, 2.24) is 4.90 Å². The second-order valence-corrected chi connectivity index (χ2v) is 5.58. The summed E-state index contributed by atoms with van der Waals surface area (Å²) < 4.78 is 18.8. The number of benzene rings is 1. The van der Waals surface area contributed by atoms with Crippen LogP contribution in [0.1, 0.15) is 36.6 Å². The molecule has 1 unspecified atom stereocenters. The predicted molar refractivity (Wildman–Crippen MR) is 78.8 cm³/mol. The minimum Gasteiger partial charge on any atom is -0.505 e. The normalized spacial score (nSPS) is 18.4. The van der Waals surface area contributed by atoms with Gasteiger partial charge in [-0.05, 0) is 49.1 Å². The Morgan fingerprint density at radius 1 is 1.36 bits per heavy atom. The van der Waals surface area contributed by atoms with E-state index in [4.69, 9.17) is 4.42 Å². The van der Waals surface area contributed by atoms with Gasteiger partial charge in [-0.25, -0.2) is 4.39 Å². The van der Waals surface area contributed by atoms with E-state index in [1.165, 1.54) is 12.1 Å². The van der Waals surface area contributed by atoms with Gasteiger partial charge < -0.3 is 14.4 Å². The van der Waals surface area contributed by atoms with Gasteiger partial charge in [0.15, 0.2) is 11.6 Å². The SMILES string of the molecule is O=C(Cc1ccc(O)c(F)c1)N1CCCCC1c1ccco1. The fourth-order valence-corrected chi connectivity index (χ4v) is 2.94. The lowest BCUT2D eigenvalue weighted by atomic mass is 9.99. The van der Waals surface area contributed by atoms with Crippen LogP contribution in [0.5, 0.6) is 5.75 Å². The van der Waals surface area contributed by atoms with E-state index in [1.54, 1.807) is 12.3 Å². The van der Waals surface area contributed by atoms with Crippen LogP contribution < -0.4 is 0 Å². The van der Waals surface area contributed by atoms with Crippen molar-refractivity contribution in [2.45, 2.75) is 31.7 Å². The highest BCUT2D eigenvalue weighted by molar-refractivity contribution is 5.79. The number of nitrogens with zero attached hydrogens (tertiary/aromatic N) is 1. The number of aromatic hydroxyl groups is 1. The standard InChI is InChI=1S/C17H18FNO3/c18-13-10-12(6-7-15(13)20)11-17(21)19-8-2-1-4-14(19)16-5-3-9-22-16/h3,5-7,9-10,14,20H,1-2,4,8,11H2. The molecule has 0 bridgehead atoms. The van der Waals surface area contributed by atoms with E-state index in [2.05, 4.69) is 0 Å². The molecule has 116 valence electrons. The molecule has 1 aromatic carbocycles. The van der Waals surface area contributed by atoms with E-state index in [0.29, 0.717) is 12.1 Å². The molecule has 1 atom stereocenters. The van der Waals surface area contributed by atoms with Crippen molar-refractivity contribution in [2.75, 3.05) is 6.54 Å². The zero-order chi connectivity index (χ0) is 15.5. The third-order valence-electron chi connectivity index (χ3n) is 4.06. The minimum atomic E-state index is -0.702. The molecule has 1 saturated heterocycles. The van der Waals surface area contributed by atoms with Gasteiger partial charge in [0.25, 0.3) is 0 Å². The summed E-state index contributed by atoms with van der Waals surface area (Å²) in [4.78, 5) is 14.4. The summed E-state index contributed by atoms with van der Waals surface area (Å²) in [5.74, 6) is -0.356. The summed E-state index contributed by atoms with van der Waals surface area (Å²) in [7, 11) is 0. The van der Waals surface area contributed by atoms with E-state index < -0.39 is 11.6 Å². The minimum absolute atomic E-state index is 0.0433. The van der Waals surface area contributed by atoms with Crippen LogP contribution >= 0.6 is 0 Å². The lowest BCUT2D eigenvalue weighted by molar-refractivity contribution is -0.134. The van der Waals surface area contributed by atoms with Gasteiger partial charge in [0.05, 0.1) is 18.7 Å². The molecule has 0 spiro atoms. The quantitative estimate of drug-likeness (QED) is 0.945. The molecule has 1 aliphatic rings. The van der Waals surface area contributed by atoms with E-state index in [9.17, 15) is 14.3 Å². The van der Waals surface area contributed by atoms with Crippen LogP contribution in [-0.4, -0.2) is 22.5 Å². The van der Waals surface area contributed by atoms with E-state index in [1.807, 2.05) is 17.0 Å². The molecule has 2 aromatic rings. The van der Waals surface area contributed by atoms with Crippen molar-refractivity contribution < 1.29 is 18.7 Å². The Bertz CT molecular complexity index is 654. The number of furan rings is 1. The Balaban J connectivity index is 1.75. The molecule has 0 radical (unpaired) electrons. The maximum Gasteiger partial charge on any atom is 0.227 e. The third-order valence-corrected chi connectivity index (χ3v) is 4.06. The van der Waals surface area contributed by atoms with Gasteiger partial charge in [-0.1, -0.05) is 6.07 Å². The maximum absolute atomic E-state index is 13.4. The first-order valence-corrected chi connectivity index (χ1v) is 7.45. The van der Waals surface area contributed by atoms with Crippen LogP contribution in [0.15, 0.2) is 41.0 Å². The number of likely N-dealkylation sites (tertiary alicyclic amines) is 1. The van der Waals surface area contributed by atoms with Crippen LogP contribution in [0.4, 0.5) is 4.39 Å². The molecular weight excluding hydrogens is 285 g/mol. The monoisotopic (exact) mass is 303 g/mol. The second-order valence-electron chi connectivity index (χ2n) is 5.58. The van der Waals surface area contributed by atoms with E-state index in [-0.39, 0.29) is 18.4 Å². The number of carbonyl (C=O) groups excluding carboxylic acids is 1. The smallest absolute Gasteiger partial charge is 0.227 e. The van der Waals surface area contributed by atoms with E-state index >= 15 is 0 Å². The summed E-state index contributed by atoms with van der Waals surface area (Å²) in [6.07, 6.45) is 4.63.